The quantitative estimate of drug-likeness (QED) is 0.585. The fraction of sp³-hybridized carbons (Fsp3) is 0.0526. The standard InChI is InChI=1S/C19H14ClNO6/c20-11-2-1-3-13(8-11)27-10-17-15(6-7-26-17)18(23)21-12-4-5-14(19(24)25)16(22)9-12/h1-9,22H,10H2,(H,21,23)(H,24,25). The van der Waals surface area contributed by atoms with E-state index in [4.69, 9.17) is 25.9 Å². The summed E-state index contributed by atoms with van der Waals surface area (Å²) in [4.78, 5) is 23.4. The van der Waals surface area contributed by atoms with Crippen molar-refractivity contribution < 1.29 is 29.0 Å². The Morgan fingerprint density at radius 3 is 2.63 bits per heavy atom. The van der Waals surface area contributed by atoms with Gasteiger partial charge in [-0.2, -0.15) is 0 Å². The molecular formula is C19H14ClNO6. The van der Waals surface area contributed by atoms with Gasteiger partial charge in [0.15, 0.2) is 5.76 Å². The van der Waals surface area contributed by atoms with Gasteiger partial charge in [0.25, 0.3) is 5.91 Å². The fourth-order valence-corrected chi connectivity index (χ4v) is 2.53. The van der Waals surface area contributed by atoms with Crippen LogP contribution in [0.4, 0.5) is 5.69 Å². The molecule has 0 atom stereocenters. The number of carboxylic acids is 1. The fourth-order valence-electron chi connectivity index (χ4n) is 2.35. The monoisotopic (exact) mass is 387 g/mol. The van der Waals surface area contributed by atoms with Gasteiger partial charge in [0.1, 0.15) is 23.7 Å². The number of halogens is 1. The Kier molecular flexibility index (Phi) is 5.33. The number of benzene rings is 2. The van der Waals surface area contributed by atoms with E-state index in [-0.39, 0.29) is 23.4 Å². The molecule has 0 saturated heterocycles. The van der Waals surface area contributed by atoms with E-state index in [1.54, 1.807) is 24.3 Å². The number of aromatic carboxylic acids is 1. The van der Waals surface area contributed by atoms with E-state index in [0.29, 0.717) is 16.5 Å². The summed E-state index contributed by atoms with van der Waals surface area (Å²) in [5.74, 6) is -1.37. The minimum atomic E-state index is -1.26. The number of rotatable bonds is 6. The summed E-state index contributed by atoms with van der Waals surface area (Å²) < 4.78 is 10.9. The van der Waals surface area contributed by atoms with Crippen molar-refractivity contribution in [2.45, 2.75) is 6.61 Å². The van der Waals surface area contributed by atoms with Crippen LogP contribution in [0.3, 0.4) is 0 Å². The molecule has 1 heterocycles. The number of carboxylic acid groups (broad SMARTS) is 1. The van der Waals surface area contributed by atoms with Crippen LogP contribution in [-0.2, 0) is 6.61 Å². The molecule has 0 unspecified atom stereocenters. The predicted octanol–water partition coefficient (Wildman–Crippen LogP) is 4.17. The van der Waals surface area contributed by atoms with Crippen molar-refractivity contribution in [2.24, 2.45) is 0 Å². The summed E-state index contributed by atoms with van der Waals surface area (Å²) in [6.45, 7) is 0.0132. The van der Waals surface area contributed by atoms with Crippen LogP contribution >= 0.6 is 11.6 Å². The number of aromatic hydroxyl groups is 1. The topological polar surface area (TPSA) is 109 Å². The zero-order valence-electron chi connectivity index (χ0n) is 13.8. The number of nitrogens with one attached hydrogen (secondary N) is 1. The first-order valence-corrected chi connectivity index (χ1v) is 8.14. The zero-order chi connectivity index (χ0) is 19.4. The van der Waals surface area contributed by atoms with Gasteiger partial charge in [-0.1, -0.05) is 17.7 Å². The number of carbonyl (C=O) groups is 2. The molecule has 8 heteroatoms. The summed E-state index contributed by atoms with van der Waals surface area (Å²) in [7, 11) is 0. The maximum absolute atomic E-state index is 12.4. The van der Waals surface area contributed by atoms with Crippen LogP contribution in [-0.4, -0.2) is 22.1 Å². The van der Waals surface area contributed by atoms with E-state index < -0.39 is 17.6 Å². The van der Waals surface area contributed by atoms with Crippen molar-refractivity contribution >= 4 is 29.2 Å². The Morgan fingerprint density at radius 2 is 1.93 bits per heavy atom. The molecule has 1 amide bonds. The molecule has 27 heavy (non-hydrogen) atoms. The van der Waals surface area contributed by atoms with Crippen molar-refractivity contribution in [3.63, 3.8) is 0 Å². The van der Waals surface area contributed by atoms with E-state index in [2.05, 4.69) is 5.32 Å². The summed E-state index contributed by atoms with van der Waals surface area (Å²) in [6.07, 6.45) is 1.36. The van der Waals surface area contributed by atoms with Crippen LogP contribution in [0.25, 0.3) is 0 Å². The van der Waals surface area contributed by atoms with Gasteiger partial charge >= 0.3 is 5.97 Å². The smallest absolute Gasteiger partial charge is 0.339 e. The highest BCUT2D eigenvalue weighted by Gasteiger charge is 2.17. The van der Waals surface area contributed by atoms with Crippen molar-refractivity contribution in [1.29, 1.82) is 0 Å². The zero-order valence-corrected chi connectivity index (χ0v) is 14.6. The first-order chi connectivity index (χ1) is 12.9. The SMILES string of the molecule is O=C(O)c1ccc(NC(=O)c2ccoc2COc2cccc(Cl)c2)cc1O. The van der Waals surface area contributed by atoms with Gasteiger partial charge in [0.2, 0.25) is 0 Å². The van der Waals surface area contributed by atoms with E-state index in [1.165, 1.54) is 24.5 Å². The Bertz CT molecular complexity index is 997. The largest absolute Gasteiger partial charge is 0.507 e. The van der Waals surface area contributed by atoms with Gasteiger partial charge in [-0.05, 0) is 36.4 Å². The van der Waals surface area contributed by atoms with Gasteiger partial charge in [-0.25, -0.2) is 4.79 Å². The van der Waals surface area contributed by atoms with Crippen molar-refractivity contribution in [1.82, 2.24) is 0 Å². The predicted molar refractivity (Wildman–Crippen MR) is 97.5 cm³/mol. The Balaban J connectivity index is 1.70. The minimum absolute atomic E-state index is 0.0132. The summed E-state index contributed by atoms with van der Waals surface area (Å²) >= 11 is 5.90. The number of ether oxygens (including phenoxy) is 1. The number of amides is 1. The summed E-state index contributed by atoms with van der Waals surface area (Å²) in [6, 6.07) is 12.0. The molecule has 0 fully saturated rings. The second-order valence-electron chi connectivity index (χ2n) is 5.49. The molecular weight excluding hydrogens is 374 g/mol. The maximum Gasteiger partial charge on any atom is 0.339 e. The lowest BCUT2D eigenvalue weighted by Gasteiger charge is -2.08. The number of furan rings is 1. The van der Waals surface area contributed by atoms with Crippen LogP contribution in [0, 0.1) is 0 Å². The number of carbonyl (C=O) groups excluding carboxylic acids is 1. The third kappa shape index (κ3) is 4.39. The highest BCUT2D eigenvalue weighted by atomic mass is 35.5. The molecule has 0 aliphatic heterocycles. The van der Waals surface area contributed by atoms with Crippen molar-refractivity contribution in [2.75, 3.05) is 5.32 Å². The Hall–Kier alpha value is -3.45. The number of anilines is 1. The van der Waals surface area contributed by atoms with Crippen molar-refractivity contribution in [3.8, 4) is 11.5 Å². The van der Waals surface area contributed by atoms with E-state index in [0.717, 1.165) is 6.07 Å². The molecule has 0 bridgehead atoms. The summed E-state index contributed by atoms with van der Waals surface area (Å²) in [5.41, 5.74) is 0.233. The van der Waals surface area contributed by atoms with Crippen LogP contribution in [0.2, 0.25) is 5.02 Å². The van der Waals surface area contributed by atoms with Crippen molar-refractivity contribution in [3.05, 3.63) is 76.7 Å². The van der Waals surface area contributed by atoms with Crippen LogP contribution in [0.5, 0.6) is 11.5 Å². The van der Waals surface area contributed by atoms with Gasteiger partial charge in [-0.3, -0.25) is 4.79 Å². The molecule has 3 rings (SSSR count). The van der Waals surface area contributed by atoms with Gasteiger partial charge in [0.05, 0.1) is 11.8 Å². The third-order valence-electron chi connectivity index (χ3n) is 3.64. The normalized spacial score (nSPS) is 10.4. The van der Waals surface area contributed by atoms with Crippen LogP contribution < -0.4 is 10.1 Å². The molecule has 7 nitrogen and oxygen atoms in total. The number of hydrogen-bond donors (Lipinski definition) is 3. The number of hydrogen-bond acceptors (Lipinski definition) is 5. The van der Waals surface area contributed by atoms with Crippen LogP contribution in [0.15, 0.2) is 59.2 Å². The van der Waals surface area contributed by atoms with Crippen LogP contribution in [0.1, 0.15) is 26.5 Å². The van der Waals surface area contributed by atoms with Gasteiger partial charge in [-0.15, -0.1) is 0 Å². The van der Waals surface area contributed by atoms with Gasteiger partial charge in [0, 0.05) is 16.8 Å². The average molecular weight is 388 g/mol. The molecule has 3 N–H and O–H groups in total. The first kappa shape index (κ1) is 18.3. The molecule has 2 aromatic carbocycles. The molecule has 1 aromatic heterocycles. The molecule has 0 aliphatic rings. The summed E-state index contributed by atoms with van der Waals surface area (Å²) in [5, 5.41) is 21.7. The average Bonchev–Trinajstić information content (AvgIpc) is 3.08. The molecule has 3 aromatic rings. The minimum Gasteiger partial charge on any atom is -0.507 e. The second kappa shape index (κ2) is 7.84. The lowest BCUT2D eigenvalue weighted by Crippen LogP contribution is -2.14. The second-order valence-corrected chi connectivity index (χ2v) is 5.93. The Morgan fingerprint density at radius 1 is 1.11 bits per heavy atom. The van der Waals surface area contributed by atoms with E-state index in [9.17, 15) is 14.7 Å². The van der Waals surface area contributed by atoms with Gasteiger partial charge < -0.3 is 24.7 Å². The first-order valence-electron chi connectivity index (χ1n) is 7.76. The molecule has 0 aliphatic carbocycles. The Labute approximate surface area is 158 Å². The van der Waals surface area contributed by atoms with E-state index in [1.807, 2.05) is 0 Å². The molecule has 0 spiro atoms. The highest BCUT2D eigenvalue weighted by molar-refractivity contribution is 6.30. The maximum atomic E-state index is 12.4. The highest BCUT2D eigenvalue weighted by Crippen LogP contribution is 2.24. The molecule has 138 valence electrons. The van der Waals surface area contributed by atoms with E-state index >= 15 is 0 Å². The third-order valence-corrected chi connectivity index (χ3v) is 3.88. The lowest BCUT2D eigenvalue weighted by atomic mass is 10.1. The lowest BCUT2D eigenvalue weighted by molar-refractivity contribution is 0.0693. The number of phenols is 1. The molecule has 0 radical (unpaired) electrons. The molecule has 0 saturated carbocycles.